The summed E-state index contributed by atoms with van der Waals surface area (Å²) >= 11 is 0. The molecule has 0 spiro atoms. The number of aliphatic carboxylic acids is 1. The first kappa shape index (κ1) is 9.16. The van der Waals surface area contributed by atoms with Gasteiger partial charge in [0, 0.05) is 5.92 Å². The van der Waals surface area contributed by atoms with Gasteiger partial charge in [-0.3, -0.25) is 4.79 Å². The highest BCUT2D eigenvalue weighted by atomic mass is 19.3. The third-order valence-electron chi connectivity index (χ3n) is 2.83. The number of allylic oxidation sites excluding steroid dienone is 1. The summed E-state index contributed by atoms with van der Waals surface area (Å²) in [6.45, 7) is 3.16. The van der Waals surface area contributed by atoms with Crippen LogP contribution in [-0.4, -0.2) is 11.1 Å². The van der Waals surface area contributed by atoms with Gasteiger partial charge in [0.1, 0.15) is 0 Å². The van der Waals surface area contributed by atoms with E-state index in [1.54, 1.807) is 6.92 Å². The summed E-state index contributed by atoms with van der Waals surface area (Å²) in [4.78, 5) is 10.6. The maximum absolute atomic E-state index is 11.8. The lowest BCUT2D eigenvalue weighted by atomic mass is 10.1. The second kappa shape index (κ2) is 2.54. The predicted molar refractivity (Wildman–Crippen MR) is 38.7 cm³/mol. The Morgan fingerprint density at radius 1 is 1.58 bits per heavy atom. The number of rotatable bonds is 2. The van der Waals surface area contributed by atoms with Crippen molar-refractivity contribution in [3.05, 3.63) is 12.2 Å². The van der Waals surface area contributed by atoms with Gasteiger partial charge in [-0.25, -0.2) is 0 Å². The van der Waals surface area contributed by atoms with E-state index in [2.05, 4.69) is 0 Å². The smallest absolute Gasteiger partial charge is 0.310 e. The predicted octanol–water partition coefficient (Wildman–Crippen LogP) is 2.12. The van der Waals surface area contributed by atoms with Crippen molar-refractivity contribution in [3.63, 3.8) is 0 Å². The maximum atomic E-state index is 11.8. The first-order chi connectivity index (χ1) is 5.40. The van der Waals surface area contributed by atoms with Crippen LogP contribution in [0.25, 0.3) is 0 Å². The Bertz CT molecular complexity index is 245. The van der Waals surface area contributed by atoms with Gasteiger partial charge in [0.2, 0.25) is 0 Å². The monoisotopic (exact) mass is 176 g/mol. The van der Waals surface area contributed by atoms with Gasteiger partial charge < -0.3 is 5.11 Å². The average Bonchev–Trinajstić information content (AvgIpc) is 2.41. The molecule has 1 rings (SSSR count). The molecule has 1 fully saturated rings. The van der Waals surface area contributed by atoms with E-state index in [9.17, 15) is 13.6 Å². The van der Waals surface area contributed by atoms with Gasteiger partial charge in [-0.2, -0.15) is 8.78 Å². The van der Waals surface area contributed by atoms with Crippen molar-refractivity contribution in [2.75, 3.05) is 0 Å². The molecule has 0 aromatic rings. The van der Waals surface area contributed by atoms with Crippen LogP contribution in [0.15, 0.2) is 12.2 Å². The number of carboxylic acids is 1. The lowest BCUT2D eigenvalue weighted by molar-refractivity contribution is -0.143. The van der Waals surface area contributed by atoms with Crippen LogP contribution in [0.2, 0.25) is 0 Å². The van der Waals surface area contributed by atoms with Crippen molar-refractivity contribution in [2.45, 2.75) is 13.8 Å². The highest BCUT2D eigenvalue weighted by Gasteiger charge is 2.63. The molecule has 1 N–H and O–H groups in total. The highest BCUT2D eigenvalue weighted by Crippen LogP contribution is 2.59. The molecule has 3 unspecified atom stereocenters. The van der Waals surface area contributed by atoms with E-state index in [1.807, 2.05) is 0 Å². The van der Waals surface area contributed by atoms with E-state index in [-0.39, 0.29) is 5.92 Å². The van der Waals surface area contributed by atoms with Crippen LogP contribution in [0.5, 0.6) is 0 Å². The van der Waals surface area contributed by atoms with Crippen LogP contribution < -0.4 is 0 Å². The third kappa shape index (κ3) is 1.11. The van der Waals surface area contributed by atoms with Crippen LogP contribution in [0.1, 0.15) is 13.8 Å². The molecule has 1 aliphatic rings. The molecular formula is C8H10F2O2. The molecule has 1 aliphatic carbocycles. The number of hydrogen-bond donors (Lipinski definition) is 1. The summed E-state index contributed by atoms with van der Waals surface area (Å²) in [6.07, 6.45) is -1.06. The fourth-order valence-corrected chi connectivity index (χ4v) is 1.56. The fraction of sp³-hybridized carbons (Fsp3) is 0.625. The molecule has 0 heterocycles. The first-order valence-electron chi connectivity index (χ1n) is 3.67. The van der Waals surface area contributed by atoms with E-state index in [0.717, 1.165) is 6.08 Å². The Morgan fingerprint density at radius 3 is 2.33 bits per heavy atom. The molecule has 0 radical (unpaired) electrons. The van der Waals surface area contributed by atoms with Crippen LogP contribution in [0, 0.1) is 17.3 Å². The Balaban J connectivity index is 2.77. The molecule has 3 atom stereocenters. The number of carboxylic acid groups (broad SMARTS) is 1. The molecule has 0 aromatic heterocycles. The van der Waals surface area contributed by atoms with Crippen molar-refractivity contribution in [3.8, 4) is 0 Å². The Labute approximate surface area is 68.9 Å². The molecule has 68 valence electrons. The van der Waals surface area contributed by atoms with Crippen LogP contribution in [0.3, 0.4) is 0 Å². The molecule has 0 saturated heterocycles. The minimum atomic E-state index is -1.79. The molecule has 4 heteroatoms. The van der Waals surface area contributed by atoms with Crippen molar-refractivity contribution in [1.82, 2.24) is 0 Å². The summed E-state index contributed by atoms with van der Waals surface area (Å²) in [5.41, 5.74) is -0.983. The molecule has 2 nitrogen and oxygen atoms in total. The van der Waals surface area contributed by atoms with Gasteiger partial charge in [-0.1, -0.05) is 6.92 Å². The average molecular weight is 176 g/mol. The molecule has 0 aromatic carbocycles. The molecule has 0 amide bonds. The highest BCUT2D eigenvalue weighted by molar-refractivity contribution is 5.79. The minimum absolute atomic E-state index is 0.198. The van der Waals surface area contributed by atoms with E-state index in [0.29, 0.717) is 0 Å². The second-order valence-corrected chi connectivity index (χ2v) is 3.36. The van der Waals surface area contributed by atoms with Crippen molar-refractivity contribution in [1.29, 1.82) is 0 Å². The summed E-state index contributed by atoms with van der Waals surface area (Å²) < 4.78 is 23.5. The standard InChI is InChI=1S/C8H10F2O2/c1-4-5(3-6(9)10)8(4,2)7(11)12/h3-5H,1-2H3,(H,11,12). The van der Waals surface area contributed by atoms with Gasteiger partial charge in [-0.15, -0.1) is 0 Å². The fourth-order valence-electron chi connectivity index (χ4n) is 1.56. The van der Waals surface area contributed by atoms with Crippen molar-refractivity contribution in [2.24, 2.45) is 17.3 Å². The Morgan fingerprint density at radius 2 is 2.08 bits per heavy atom. The van der Waals surface area contributed by atoms with Gasteiger partial charge >= 0.3 is 5.97 Å². The second-order valence-electron chi connectivity index (χ2n) is 3.36. The van der Waals surface area contributed by atoms with Crippen LogP contribution >= 0.6 is 0 Å². The molecule has 0 aliphatic heterocycles. The maximum Gasteiger partial charge on any atom is 0.310 e. The molecule has 12 heavy (non-hydrogen) atoms. The van der Waals surface area contributed by atoms with Gasteiger partial charge in [-0.05, 0) is 18.9 Å². The van der Waals surface area contributed by atoms with Crippen molar-refractivity contribution >= 4 is 5.97 Å². The zero-order valence-electron chi connectivity index (χ0n) is 6.84. The lowest BCUT2D eigenvalue weighted by Gasteiger charge is -2.00. The first-order valence-corrected chi connectivity index (χ1v) is 3.67. The van der Waals surface area contributed by atoms with Crippen molar-refractivity contribution < 1.29 is 18.7 Å². The minimum Gasteiger partial charge on any atom is -0.481 e. The molecule has 0 bridgehead atoms. The van der Waals surface area contributed by atoms with Crippen LogP contribution in [-0.2, 0) is 4.79 Å². The SMILES string of the molecule is CC1C(C=C(F)F)C1(C)C(=O)O. The topological polar surface area (TPSA) is 37.3 Å². The quantitative estimate of drug-likeness (QED) is 0.699. The van der Waals surface area contributed by atoms with Gasteiger partial charge in [0.05, 0.1) is 5.41 Å². The number of hydrogen-bond acceptors (Lipinski definition) is 1. The lowest BCUT2D eigenvalue weighted by Crippen LogP contribution is -2.13. The number of carbonyl (C=O) groups is 1. The molecular weight excluding hydrogens is 166 g/mol. The molecule has 1 saturated carbocycles. The van der Waals surface area contributed by atoms with E-state index in [1.165, 1.54) is 6.92 Å². The summed E-state index contributed by atoms with van der Waals surface area (Å²) in [6, 6.07) is 0. The zero-order chi connectivity index (χ0) is 9.52. The number of halogens is 2. The van der Waals surface area contributed by atoms with E-state index >= 15 is 0 Å². The normalized spacial score (nSPS) is 39.0. The Hall–Kier alpha value is -0.930. The largest absolute Gasteiger partial charge is 0.481 e. The van der Waals surface area contributed by atoms with Gasteiger partial charge in [0.15, 0.2) is 0 Å². The third-order valence-corrected chi connectivity index (χ3v) is 2.83. The van der Waals surface area contributed by atoms with Gasteiger partial charge in [0.25, 0.3) is 6.08 Å². The summed E-state index contributed by atoms with van der Waals surface area (Å²) in [7, 11) is 0. The van der Waals surface area contributed by atoms with E-state index in [4.69, 9.17) is 5.11 Å². The van der Waals surface area contributed by atoms with Crippen LogP contribution in [0.4, 0.5) is 8.78 Å². The Kier molecular flexibility index (Phi) is 1.94. The zero-order valence-corrected chi connectivity index (χ0v) is 6.84. The summed E-state index contributed by atoms with van der Waals surface area (Å²) in [5, 5.41) is 8.69. The summed E-state index contributed by atoms with van der Waals surface area (Å²) in [5.74, 6) is -1.71. The van der Waals surface area contributed by atoms with E-state index < -0.39 is 23.4 Å².